The third kappa shape index (κ3) is 3.24. The molecule has 0 radical (unpaired) electrons. The Morgan fingerprint density at radius 2 is 2.18 bits per heavy atom. The van der Waals surface area contributed by atoms with E-state index in [0.717, 1.165) is 4.88 Å². The van der Waals surface area contributed by atoms with E-state index < -0.39 is 15.1 Å². The predicted molar refractivity (Wildman–Crippen MR) is 88.0 cm³/mol. The van der Waals surface area contributed by atoms with Crippen LogP contribution in [0.4, 0.5) is 0 Å². The van der Waals surface area contributed by atoms with Crippen LogP contribution in [0.15, 0.2) is 34.2 Å². The van der Waals surface area contributed by atoms with Crippen molar-refractivity contribution in [2.24, 2.45) is 0 Å². The average Bonchev–Trinajstić information content (AvgIpc) is 3.17. The van der Waals surface area contributed by atoms with Gasteiger partial charge in [-0.25, -0.2) is 8.42 Å². The van der Waals surface area contributed by atoms with E-state index in [1.165, 1.54) is 22.7 Å². The molecule has 0 N–H and O–H groups in total. The van der Waals surface area contributed by atoms with Gasteiger partial charge in [0.05, 0.1) is 15.0 Å². The van der Waals surface area contributed by atoms with Crippen LogP contribution in [0.2, 0.25) is 4.34 Å². The second-order valence-electron chi connectivity index (χ2n) is 4.59. The number of nitrogens with zero attached hydrogens (tertiary/aromatic N) is 2. The highest BCUT2D eigenvalue weighted by molar-refractivity contribution is 7.91. The second-order valence-corrected chi connectivity index (χ2v) is 9.66. The second kappa shape index (κ2) is 6.11. The highest BCUT2D eigenvalue weighted by atomic mass is 35.5. The van der Waals surface area contributed by atoms with Crippen LogP contribution in [0.1, 0.15) is 22.9 Å². The monoisotopic (exact) mass is 374 g/mol. The zero-order valence-electron chi connectivity index (χ0n) is 11.4. The Hall–Kier alpha value is -1.22. The molecule has 0 aliphatic carbocycles. The number of hydrogen-bond donors (Lipinski definition) is 0. The SMILES string of the molecule is CC(c1nc(-c2cccs2)no1)S(=O)(=O)Cc1ccc(Cl)s1. The Morgan fingerprint density at radius 1 is 1.36 bits per heavy atom. The molecule has 3 aromatic heterocycles. The summed E-state index contributed by atoms with van der Waals surface area (Å²) in [6.45, 7) is 1.55. The maximum Gasteiger partial charge on any atom is 0.245 e. The van der Waals surface area contributed by atoms with Crippen molar-refractivity contribution in [3.8, 4) is 10.7 Å². The third-order valence-corrected chi connectivity index (χ3v) is 7.31. The van der Waals surface area contributed by atoms with Crippen LogP contribution in [0, 0.1) is 0 Å². The fourth-order valence-electron chi connectivity index (χ4n) is 1.81. The standard InChI is InChI=1S/C13H11ClN2O3S3/c1-8(22(17,18)7-9-4-5-11(14)21-9)13-15-12(16-19-13)10-3-2-6-20-10/h2-6,8H,7H2,1H3. The normalized spacial score (nSPS) is 13.4. The van der Waals surface area contributed by atoms with Gasteiger partial charge in [0.25, 0.3) is 0 Å². The van der Waals surface area contributed by atoms with Crippen molar-refractivity contribution in [3.05, 3.63) is 44.7 Å². The molecule has 0 spiro atoms. The van der Waals surface area contributed by atoms with E-state index in [2.05, 4.69) is 10.1 Å². The minimum atomic E-state index is -3.45. The Bertz CT molecular complexity index is 868. The first kappa shape index (κ1) is 15.7. The fourth-order valence-corrected chi connectivity index (χ4v) is 5.22. The van der Waals surface area contributed by atoms with Crippen molar-refractivity contribution in [1.29, 1.82) is 0 Å². The zero-order valence-corrected chi connectivity index (χ0v) is 14.6. The number of halogens is 1. The lowest BCUT2D eigenvalue weighted by Gasteiger charge is -2.07. The minimum Gasteiger partial charge on any atom is -0.338 e. The van der Waals surface area contributed by atoms with Gasteiger partial charge in [-0.1, -0.05) is 22.8 Å². The molecular formula is C13H11ClN2O3S3. The summed E-state index contributed by atoms with van der Waals surface area (Å²) in [5.41, 5.74) is 0. The molecule has 3 heterocycles. The van der Waals surface area contributed by atoms with E-state index in [1.807, 2.05) is 17.5 Å². The molecule has 1 atom stereocenters. The van der Waals surface area contributed by atoms with Gasteiger partial charge < -0.3 is 4.52 Å². The summed E-state index contributed by atoms with van der Waals surface area (Å²) in [7, 11) is -3.45. The summed E-state index contributed by atoms with van der Waals surface area (Å²) in [5, 5.41) is 4.87. The molecule has 3 aromatic rings. The zero-order chi connectivity index (χ0) is 15.7. The van der Waals surface area contributed by atoms with Crippen LogP contribution >= 0.6 is 34.3 Å². The number of hydrogen-bond acceptors (Lipinski definition) is 7. The van der Waals surface area contributed by atoms with Crippen molar-refractivity contribution in [1.82, 2.24) is 10.1 Å². The van der Waals surface area contributed by atoms with Crippen LogP contribution in [-0.2, 0) is 15.6 Å². The van der Waals surface area contributed by atoms with Crippen molar-refractivity contribution in [2.45, 2.75) is 17.9 Å². The van der Waals surface area contributed by atoms with E-state index >= 15 is 0 Å². The molecule has 3 rings (SSSR count). The highest BCUT2D eigenvalue weighted by Gasteiger charge is 2.29. The van der Waals surface area contributed by atoms with E-state index in [1.54, 1.807) is 19.1 Å². The Labute approximate surface area is 140 Å². The maximum atomic E-state index is 12.4. The van der Waals surface area contributed by atoms with E-state index in [9.17, 15) is 8.42 Å². The fraction of sp³-hybridized carbons (Fsp3) is 0.231. The van der Waals surface area contributed by atoms with Crippen LogP contribution in [0.5, 0.6) is 0 Å². The molecular weight excluding hydrogens is 364 g/mol. The molecule has 0 aliphatic rings. The molecule has 0 saturated carbocycles. The summed E-state index contributed by atoms with van der Waals surface area (Å²) in [5.74, 6) is 0.416. The Kier molecular flexibility index (Phi) is 4.35. The van der Waals surface area contributed by atoms with E-state index in [-0.39, 0.29) is 11.6 Å². The van der Waals surface area contributed by atoms with Gasteiger partial charge in [0.15, 0.2) is 9.84 Å². The first-order valence-electron chi connectivity index (χ1n) is 6.29. The van der Waals surface area contributed by atoms with Gasteiger partial charge in [-0.3, -0.25) is 0 Å². The van der Waals surface area contributed by atoms with E-state index in [4.69, 9.17) is 16.1 Å². The van der Waals surface area contributed by atoms with Crippen molar-refractivity contribution < 1.29 is 12.9 Å². The molecule has 0 aromatic carbocycles. The lowest BCUT2D eigenvalue weighted by atomic mass is 10.4. The maximum absolute atomic E-state index is 12.4. The van der Waals surface area contributed by atoms with Crippen LogP contribution in [-0.4, -0.2) is 18.6 Å². The molecule has 0 aliphatic heterocycles. The third-order valence-electron chi connectivity index (χ3n) is 3.04. The predicted octanol–water partition coefficient (Wildman–Crippen LogP) is 4.19. The van der Waals surface area contributed by atoms with Crippen molar-refractivity contribution >= 4 is 44.1 Å². The highest BCUT2D eigenvalue weighted by Crippen LogP contribution is 2.30. The lowest BCUT2D eigenvalue weighted by molar-refractivity contribution is 0.377. The van der Waals surface area contributed by atoms with Crippen LogP contribution < -0.4 is 0 Å². The molecule has 0 fully saturated rings. The molecule has 22 heavy (non-hydrogen) atoms. The van der Waals surface area contributed by atoms with Gasteiger partial charge in [-0.05, 0) is 30.5 Å². The van der Waals surface area contributed by atoms with Gasteiger partial charge in [-0.15, -0.1) is 22.7 Å². The first-order chi connectivity index (χ1) is 10.5. The van der Waals surface area contributed by atoms with Gasteiger partial charge >= 0.3 is 0 Å². The van der Waals surface area contributed by atoms with Gasteiger partial charge in [0, 0.05) is 4.88 Å². The quantitative estimate of drug-likeness (QED) is 0.669. The lowest BCUT2D eigenvalue weighted by Crippen LogP contribution is -2.12. The largest absolute Gasteiger partial charge is 0.338 e. The molecule has 116 valence electrons. The smallest absolute Gasteiger partial charge is 0.245 e. The Morgan fingerprint density at radius 3 is 2.82 bits per heavy atom. The summed E-state index contributed by atoms with van der Waals surface area (Å²) < 4.78 is 30.6. The van der Waals surface area contributed by atoms with Crippen LogP contribution in [0.25, 0.3) is 10.7 Å². The molecule has 5 nitrogen and oxygen atoms in total. The summed E-state index contributed by atoms with van der Waals surface area (Å²) in [6, 6.07) is 7.12. The molecule has 9 heteroatoms. The molecule has 0 saturated heterocycles. The topological polar surface area (TPSA) is 73.1 Å². The van der Waals surface area contributed by atoms with Gasteiger partial charge in [0.1, 0.15) is 5.25 Å². The number of thiophene rings is 2. The average molecular weight is 375 g/mol. The first-order valence-corrected chi connectivity index (χ1v) is 10.1. The summed E-state index contributed by atoms with van der Waals surface area (Å²) >= 11 is 8.55. The van der Waals surface area contributed by atoms with Crippen LogP contribution in [0.3, 0.4) is 0 Å². The van der Waals surface area contributed by atoms with Crippen molar-refractivity contribution in [2.75, 3.05) is 0 Å². The molecule has 0 amide bonds. The Balaban J connectivity index is 1.82. The number of rotatable bonds is 5. The summed E-state index contributed by atoms with van der Waals surface area (Å²) in [6.07, 6.45) is 0. The molecule has 0 bridgehead atoms. The van der Waals surface area contributed by atoms with E-state index in [0.29, 0.717) is 15.0 Å². The van der Waals surface area contributed by atoms with Crippen molar-refractivity contribution in [3.63, 3.8) is 0 Å². The minimum absolute atomic E-state index is 0.0950. The van der Waals surface area contributed by atoms with Gasteiger partial charge in [-0.2, -0.15) is 4.98 Å². The van der Waals surface area contributed by atoms with Gasteiger partial charge in [0.2, 0.25) is 11.7 Å². The number of sulfone groups is 1. The molecule has 1 unspecified atom stereocenters. The summed E-state index contributed by atoms with van der Waals surface area (Å²) in [4.78, 5) is 5.72. The number of aromatic nitrogens is 2.